The van der Waals surface area contributed by atoms with Crippen molar-refractivity contribution in [3.63, 3.8) is 0 Å². The first-order valence-electron chi connectivity index (χ1n) is 8.16. The number of halogens is 1. The number of nitrogens with one attached hydrogen (secondary N) is 1. The van der Waals surface area contributed by atoms with Crippen LogP contribution in [0.3, 0.4) is 0 Å². The topological polar surface area (TPSA) is 88.8 Å². The fourth-order valence-electron chi connectivity index (χ4n) is 2.90. The summed E-state index contributed by atoms with van der Waals surface area (Å²) in [6, 6.07) is 9.46. The van der Waals surface area contributed by atoms with Gasteiger partial charge >= 0.3 is 0 Å². The van der Waals surface area contributed by atoms with Crippen LogP contribution in [0.15, 0.2) is 55.0 Å². The fourth-order valence-corrected chi connectivity index (χ4v) is 3.58. The smallest absolute Gasteiger partial charge is 0.147 e. The van der Waals surface area contributed by atoms with Gasteiger partial charge in [-0.25, -0.2) is 12.8 Å². The molecular weight excluding hydrogens is 353 g/mol. The highest BCUT2D eigenvalue weighted by Gasteiger charge is 2.20. The average molecular weight is 373 g/mol. The molecule has 1 atom stereocenters. The lowest BCUT2D eigenvalue weighted by Gasteiger charge is -2.14. The van der Waals surface area contributed by atoms with E-state index in [1.807, 2.05) is 12.1 Å². The van der Waals surface area contributed by atoms with Gasteiger partial charge in [0, 0.05) is 36.5 Å². The highest BCUT2D eigenvalue weighted by Crippen LogP contribution is 2.37. The molecule has 0 amide bonds. The van der Waals surface area contributed by atoms with Crippen LogP contribution in [0.5, 0.6) is 0 Å². The first-order valence-corrected chi connectivity index (χ1v) is 10.2. The van der Waals surface area contributed by atoms with E-state index in [1.54, 1.807) is 30.7 Å². The third-order valence-corrected chi connectivity index (χ3v) is 5.19. The van der Waals surface area contributed by atoms with Gasteiger partial charge in [0.05, 0.1) is 11.4 Å². The zero-order chi connectivity index (χ0) is 18.7. The van der Waals surface area contributed by atoms with E-state index in [0.717, 1.165) is 27.9 Å². The molecule has 0 saturated heterocycles. The second-order valence-corrected chi connectivity index (χ2v) is 8.52. The van der Waals surface area contributed by atoms with Crippen LogP contribution >= 0.6 is 0 Å². The summed E-state index contributed by atoms with van der Waals surface area (Å²) in [5.41, 5.74) is 10.5. The van der Waals surface area contributed by atoms with Crippen molar-refractivity contribution in [1.29, 1.82) is 0 Å². The lowest BCUT2D eigenvalue weighted by molar-refractivity contribution is 0.592. The summed E-state index contributed by atoms with van der Waals surface area (Å²) in [7, 11) is -3.10. The third kappa shape index (κ3) is 4.17. The van der Waals surface area contributed by atoms with Crippen molar-refractivity contribution >= 4 is 9.84 Å². The van der Waals surface area contributed by atoms with Crippen molar-refractivity contribution in [3.05, 3.63) is 66.4 Å². The molecule has 136 valence electrons. The van der Waals surface area contributed by atoms with Crippen LogP contribution in [0.4, 0.5) is 4.39 Å². The molecule has 0 fully saturated rings. The Morgan fingerprint density at radius 2 is 1.77 bits per heavy atom. The number of pyridine rings is 1. The Balaban J connectivity index is 2.06. The molecule has 1 aromatic carbocycles. The number of hydrogen-bond acceptors (Lipinski definition) is 4. The normalized spacial score (nSPS) is 12.9. The highest BCUT2D eigenvalue weighted by molar-refractivity contribution is 7.90. The number of benzene rings is 1. The monoisotopic (exact) mass is 373 g/mol. The van der Waals surface area contributed by atoms with Crippen molar-refractivity contribution in [2.24, 2.45) is 5.73 Å². The van der Waals surface area contributed by atoms with Crippen molar-refractivity contribution < 1.29 is 12.8 Å². The number of aromatic amines is 1. The zero-order valence-electron chi connectivity index (χ0n) is 14.3. The van der Waals surface area contributed by atoms with E-state index in [9.17, 15) is 12.8 Å². The molecule has 3 aromatic rings. The van der Waals surface area contributed by atoms with Crippen molar-refractivity contribution in [3.8, 4) is 22.4 Å². The molecule has 0 bridgehead atoms. The van der Waals surface area contributed by atoms with Gasteiger partial charge in [0.2, 0.25) is 0 Å². The molecule has 0 radical (unpaired) electrons. The van der Waals surface area contributed by atoms with Crippen LogP contribution in [-0.2, 0) is 9.84 Å². The first-order chi connectivity index (χ1) is 12.3. The molecule has 0 aliphatic carbocycles. The molecule has 0 saturated carbocycles. The van der Waals surface area contributed by atoms with Gasteiger partial charge in [-0.3, -0.25) is 4.98 Å². The molecule has 1 unspecified atom stereocenters. The molecule has 26 heavy (non-hydrogen) atoms. The van der Waals surface area contributed by atoms with E-state index < -0.39 is 15.9 Å². The molecule has 3 N–H and O–H groups in total. The van der Waals surface area contributed by atoms with E-state index in [4.69, 9.17) is 5.73 Å². The standard InChI is InChI=1S/C19H20FN3O2S/c1-26(24,25)11-8-17(21)16-12-23-19(14-2-4-15(20)5-3-14)18(16)13-6-9-22-10-7-13/h2-7,9-10,12,17,23H,8,11,21H2,1H3. The minimum absolute atomic E-state index is 0.0149. The SMILES string of the molecule is CS(=O)(=O)CCC(N)c1c[nH]c(-c2ccc(F)cc2)c1-c1ccncc1. The van der Waals surface area contributed by atoms with Gasteiger partial charge in [0.25, 0.3) is 0 Å². The number of nitrogens with two attached hydrogens (primary N) is 1. The molecule has 5 nitrogen and oxygen atoms in total. The molecular formula is C19H20FN3O2S. The Kier molecular flexibility index (Phi) is 5.20. The van der Waals surface area contributed by atoms with Gasteiger partial charge < -0.3 is 10.7 Å². The van der Waals surface area contributed by atoms with E-state index in [2.05, 4.69) is 9.97 Å². The van der Waals surface area contributed by atoms with E-state index in [-0.39, 0.29) is 11.6 Å². The number of H-pyrrole nitrogens is 1. The van der Waals surface area contributed by atoms with Gasteiger partial charge in [-0.05, 0) is 59.5 Å². The number of rotatable bonds is 6. The lowest BCUT2D eigenvalue weighted by Crippen LogP contribution is -2.15. The lowest BCUT2D eigenvalue weighted by atomic mass is 9.94. The van der Waals surface area contributed by atoms with Crippen LogP contribution in [0.1, 0.15) is 18.0 Å². The summed E-state index contributed by atoms with van der Waals surface area (Å²) < 4.78 is 36.2. The Bertz CT molecular complexity index is 983. The fraction of sp³-hybridized carbons (Fsp3) is 0.211. The predicted molar refractivity (Wildman–Crippen MR) is 101 cm³/mol. The van der Waals surface area contributed by atoms with Gasteiger partial charge in [-0.2, -0.15) is 0 Å². The Labute approximate surface area is 152 Å². The summed E-state index contributed by atoms with van der Waals surface area (Å²) in [4.78, 5) is 7.26. The van der Waals surface area contributed by atoms with Crippen molar-refractivity contribution in [2.75, 3.05) is 12.0 Å². The van der Waals surface area contributed by atoms with E-state index in [0.29, 0.717) is 6.42 Å². The second-order valence-electron chi connectivity index (χ2n) is 6.26. The van der Waals surface area contributed by atoms with Crippen molar-refractivity contribution in [1.82, 2.24) is 9.97 Å². The second kappa shape index (κ2) is 7.39. The molecule has 7 heteroatoms. The quantitative estimate of drug-likeness (QED) is 0.694. The van der Waals surface area contributed by atoms with Crippen LogP contribution in [0, 0.1) is 5.82 Å². The van der Waals surface area contributed by atoms with Crippen LogP contribution in [0.2, 0.25) is 0 Å². The summed E-state index contributed by atoms with van der Waals surface area (Å²) in [5.74, 6) is -0.295. The van der Waals surface area contributed by atoms with Gasteiger partial charge in [0.15, 0.2) is 0 Å². The first kappa shape index (κ1) is 18.3. The highest BCUT2D eigenvalue weighted by atomic mass is 32.2. The number of nitrogens with zero attached hydrogens (tertiary/aromatic N) is 1. The maximum atomic E-state index is 13.3. The zero-order valence-corrected chi connectivity index (χ0v) is 15.1. The summed E-state index contributed by atoms with van der Waals surface area (Å²) >= 11 is 0. The average Bonchev–Trinajstić information content (AvgIpc) is 3.05. The number of aromatic nitrogens is 2. The van der Waals surface area contributed by atoms with Gasteiger partial charge in [-0.1, -0.05) is 0 Å². The number of hydrogen-bond donors (Lipinski definition) is 2. The maximum Gasteiger partial charge on any atom is 0.147 e. The minimum atomic E-state index is -3.10. The molecule has 2 heterocycles. The van der Waals surface area contributed by atoms with Crippen LogP contribution in [0.25, 0.3) is 22.4 Å². The van der Waals surface area contributed by atoms with Crippen LogP contribution < -0.4 is 5.73 Å². The molecule has 3 rings (SSSR count). The third-order valence-electron chi connectivity index (χ3n) is 4.21. The summed E-state index contributed by atoms with van der Waals surface area (Å²) in [5, 5.41) is 0. The Morgan fingerprint density at radius 3 is 2.38 bits per heavy atom. The van der Waals surface area contributed by atoms with Gasteiger partial charge in [-0.15, -0.1) is 0 Å². The largest absolute Gasteiger partial charge is 0.360 e. The Hall–Kier alpha value is -2.51. The maximum absolute atomic E-state index is 13.3. The summed E-state index contributed by atoms with van der Waals surface area (Å²) in [6.45, 7) is 0. The minimum Gasteiger partial charge on any atom is -0.360 e. The molecule has 0 aliphatic heterocycles. The summed E-state index contributed by atoms with van der Waals surface area (Å²) in [6.07, 6.45) is 6.68. The van der Waals surface area contributed by atoms with Crippen molar-refractivity contribution in [2.45, 2.75) is 12.5 Å². The van der Waals surface area contributed by atoms with Crippen LogP contribution in [-0.4, -0.2) is 30.4 Å². The predicted octanol–water partition coefficient (Wildman–Crippen LogP) is 3.32. The van der Waals surface area contributed by atoms with E-state index in [1.165, 1.54) is 18.4 Å². The van der Waals surface area contributed by atoms with E-state index >= 15 is 0 Å². The molecule has 0 spiro atoms. The molecule has 2 aromatic heterocycles. The number of sulfone groups is 1. The van der Waals surface area contributed by atoms with Gasteiger partial charge in [0.1, 0.15) is 15.7 Å². The Morgan fingerprint density at radius 1 is 1.12 bits per heavy atom. The molecule has 0 aliphatic rings.